The first-order valence-corrected chi connectivity index (χ1v) is 12.8. The van der Waals surface area contributed by atoms with E-state index < -0.39 is 66.1 Å². The van der Waals surface area contributed by atoms with Gasteiger partial charge in [-0.25, -0.2) is 4.79 Å². The van der Waals surface area contributed by atoms with Crippen molar-refractivity contribution in [3.8, 4) is 0 Å². The molecule has 1 aromatic carbocycles. The van der Waals surface area contributed by atoms with Crippen LogP contribution in [0, 0.1) is 0 Å². The predicted octanol–water partition coefficient (Wildman–Crippen LogP) is -2.01. The fourth-order valence-corrected chi connectivity index (χ4v) is 3.69. The molecule has 0 spiro atoms. The fraction of sp³-hybridized carbons (Fsp3) is 0.478. The lowest BCUT2D eigenvalue weighted by molar-refractivity contribution is -0.142. The van der Waals surface area contributed by atoms with E-state index in [1.54, 1.807) is 36.6 Å². The molecule has 37 heavy (non-hydrogen) atoms. The van der Waals surface area contributed by atoms with Crippen LogP contribution in [0.5, 0.6) is 0 Å². The van der Waals surface area contributed by atoms with Gasteiger partial charge in [0.15, 0.2) is 0 Å². The van der Waals surface area contributed by atoms with Crippen LogP contribution in [0.4, 0.5) is 0 Å². The number of aliphatic carboxylic acids is 1. The van der Waals surface area contributed by atoms with Crippen molar-refractivity contribution in [1.29, 1.82) is 0 Å². The Kier molecular flexibility index (Phi) is 13.7. The Hall–Kier alpha value is -3.65. The zero-order valence-electron chi connectivity index (χ0n) is 20.5. The van der Waals surface area contributed by atoms with E-state index >= 15 is 0 Å². The standard InChI is InChI=1S/C23H34N6O7S/c1-37-10-9-15(23(35)36)27-22(34)17(12-19(26)31)29-21(33)16(11-13-5-3-2-4-6-13)28-20(32)14(24)7-8-18(25)30/h2-6,14-17H,7-12,24H2,1H3,(H2,25,30)(H2,26,31)(H,27,34)(H,28,32)(H,29,33)(H,35,36). The maximum atomic E-state index is 13.2. The molecule has 0 saturated carbocycles. The van der Waals surface area contributed by atoms with Gasteiger partial charge in [0.1, 0.15) is 18.1 Å². The number of primary amides is 2. The highest BCUT2D eigenvalue weighted by atomic mass is 32.2. The summed E-state index contributed by atoms with van der Waals surface area (Å²) in [6.45, 7) is 0. The minimum absolute atomic E-state index is 0.0112. The lowest BCUT2D eigenvalue weighted by Crippen LogP contribution is -2.58. The maximum Gasteiger partial charge on any atom is 0.326 e. The Morgan fingerprint density at radius 1 is 0.838 bits per heavy atom. The summed E-state index contributed by atoms with van der Waals surface area (Å²) in [5.41, 5.74) is 16.8. The van der Waals surface area contributed by atoms with E-state index in [0.717, 1.165) is 0 Å². The van der Waals surface area contributed by atoms with Crippen molar-refractivity contribution in [2.45, 2.75) is 56.3 Å². The highest BCUT2D eigenvalue weighted by Crippen LogP contribution is 2.07. The first-order valence-electron chi connectivity index (χ1n) is 11.4. The van der Waals surface area contributed by atoms with Crippen LogP contribution < -0.4 is 33.2 Å². The van der Waals surface area contributed by atoms with Gasteiger partial charge < -0.3 is 38.3 Å². The van der Waals surface area contributed by atoms with Crippen LogP contribution in [0.15, 0.2) is 30.3 Å². The number of rotatable bonds is 17. The monoisotopic (exact) mass is 538 g/mol. The smallest absolute Gasteiger partial charge is 0.326 e. The Morgan fingerprint density at radius 3 is 1.95 bits per heavy atom. The number of carboxylic acid groups (broad SMARTS) is 1. The summed E-state index contributed by atoms with van der Waals surface area (Å²) >= 11 is 1.39. The van der Waals surface area contributed by atoms with Gasteiger partial charge in [-0.3, -0.25) is 24.0 Å². The van der Waals surface area contributed by atoms with Gasteiger partial charge in [-0.2, -0.15) is 11.8 Å². The molecule has 5 amide bonds. The van der Waals surface area contributed by atoms with Crippen LogP contribution in [-0.4, -0.2) is 76.8 Å². The van der Waals surface area contributed by atoms with Crippen LogP contribution in [0.3, 0.4) is 0 Å². The summed E-state index contributed by atoms with van der Waals surface area (Å²) < 4.78 is 0. The fourth-order valence-electron chi connectivity index (χ4n) is 3.21. The molecule has 204 valence electrons. The van der Waals surface area contributed by atoms with E-state index in [9.17, 15) is 33.9 Å². The highest BCUT2D eigenvalue weighted by molar-refractivity contribution is 7.98. The molecule has 0 heterocycles. The van der Waals surface area contributed by atoms with Crippen molar-refractivity contribution in [1.82, 2.24) is 16.0 Å². The summed E-state index contributed by atoms with van der Waals surface area (Å²) in [5, 5.41) is 16.6. The molecule has 0 aliphatic rings. The molecule has 10 N–H and O–H groups in total. The molecular formula is C23H34N6O7S. The van der Waals surface area contributed by atoms with Gasteiger partial charge in [0.05, 0.1) is 12.5 Å². The first kappa shape index (κ1) is 31.4. The van der Waals surface area contributed by atoms with Crippen molar-refractivity contribution in [3.05, 3.63) is 35.9 Å². The number of carboxylic acids is 1. The number of carbonyl (C=O) groups is 6. The molecule has 13 nitrogen and oxygen atoms in total. The van der Waals surface area contributed by atoms with Gasteiger partial charge >= 0.3 is 5.97 Å². The Labute approximate surface area is 218 Å². The third-order valence-electron chi connectivity index (χ3n) is 5.22. The lowest BCUT2D eigenvalue weighted by Gasteiger charge is -2.25. The van der Waals surface area contributed by atoms with E-state index in [1.165, 1.54) is 11.8 Å². The second-order valence-electron chi connectivity index (χ2n) is 8.27. The average Bonchev–Trinajstić information content (AvgIpc) is 2.84. The van der Waals surface area contributed by atoms with E-state index in [-0.39, 0.29) is 25.7 Å². The van der Waals surface area contributed by atoms with E-state index in [0.29, 0.717) is 11.3 Å². The van der Waals surface area contributed by atoms with Crippen molar-refractivity contribution in [2.24, 2.45) is 17.2 Å². The Bertz CT molecular complexity index is 962. The number of carbonyl (C=O) groups excluding carboxylic acids is 5. The number of thioether (sulfide) groups is 1. The van der Waals surface area contributed by atoms with Crippen LogP contribution in [0.1, 0.15) is 31.2 Å². The zero-order chi connectivity index (χ0) is 28.0. The molecule has 4 unspecified atom stereocenters. The Morgan fingerprint density at radius 2 is 1.41 bits per heavy atom. The number of benzene rings is 1. The largest absolute Gasteiger partial charge is 0.480 e. The van der Waals surface area contributed by atoms with Gasteiger partial charge in [0.25, 0.3) is 0 Å². The van der Waals surface area contributed by atoms with Crippen LogP contribution in [0.25, 0.3) is 0 Å². The zero-order valence-corrected chi connectivity index (χ0v) is 21.3. The second-order valence-corrected chi connectivity index (χ2v) is 9.26. The van der Waals surface area contributed by atoms with Crippen LogP contribution in [-0.2, 0) is 35.2 Å². The number of hydrogen-bond acceptors (Lipinski definition) is 8. The number of nitrogens with two attached hydrogens (primary N) is 3. The van der Waals surface area contributed by atoms with Gasteiger partial charge in [-0.15, -0.1) is 0 Å². The Balaban J connectivity index is 3.08. The molecule has 0 aromatic heterocycles. The summed E-state index contributed by atoms with van der Waals surface area (Å²) in [5.74, 6) is -4.83. The average molecular weight is 539 g/mol. The van der Waals surface area contributed by atoms with Crippen molar-refractivity contribution in [3.63, 3.8) is 0 Å². The molecule has 0 radical (unpaired) electrons. The highest BCUT2D eigenvalue weighted by Gasteiger charge is 2.31. The summed E-state index contributed by atoms with van der Waals surface area (Å²) in [6, 6.07) is 3.59. The summed E-state index contributed by atoms with van der Waals surface area (Å²) in [4.78, 5) is 72.7. The van der Waals surface area contributed by atoms with Crippen molar-refractivity contribution < 1.29 is 33.9 Å². The van der Waals surface area contributed by atoms with E-state index in [2.05, 4.69) is 16.0 Å². The van der Waals surface area contributed by atoms with Crippen LogP contribution in [0.2, 0.25) is 0 Å². The SMILES string of the molecule is CSCCC(NC(=O)C(CC(N)=O)NC(=O)C(Cc1ccccc1)NC(=O)C(N)CCC(N)=O)C(=O)O. The number of nitrogens with one attached hydrogen (secondary N) is 3. The molecule has 0 bridgehead atoms. The lowest BCUT2D eigenvalue weighted by atomic mass is 10.0. The molecule has 0 fully saturated rings. The molecule has 0 saturated heterocycles. The van der Waals surface area contributed by atoms with Gasteiger partial charge in [0, 0.05) is 12.8 Å². The summed E-state index contributed by atoms with van der Waals surface area (Å²) in [6.07, 6.45) is 1.13. The predicted molar refractivity (Wildman–Crippen MR) is 137 cm³/mol. The normalized spacial score (nSPS) is 13.9. The van der Waals surface area contributed by atoms with Gasteiger partial charge in [-0.05, 0) is 30.4 Å². The minimum Gasteiger partial charge on any atom is -0.480 e. The van der Waals surface area contributed by atoms with Crippen molar-refractivity contribution >= 4 is 47.3 Å². The molecule has 0 aliphatic heterocycles. The quantitative estimate of drug-likeness (QED) is 0.116. The number of amides is 5. The third-order valence-corrected chi connectivity index (χ3v) is 5.86. The van der Waals surface area contributed by atoms with Crippen LogP contribution >= 0.6 is 11.8 Å². The maximum absolute atomic E-state index is 13.2. The van der Waals surface area contributed by atoms with E-state index in [4.69, 9.17) is 17.2 Å². The summed E-state index contributed by atoms with van der Waals surface area (Å²) in [7, 11) is 0. The molecular weight excluding hydrogens is 504 g/mol. The second kappa shape index (κ2) is 16.2. The topological polar surface area (TPSA) is 237 Å². The first-order chi connectivity index (χ1) is 17.4. The molecule has 1 aromatic rings. The minimum atomic E-state index is -1.49. The van der Waals surface area contributed by atoms with Gasteiger partial charge in [0.2, 0.25) is 29.5 Å². The van der Waals surface area contributed by atoms with Gasteiger partial charge in [-0.1, -0.05) is 30.3 Å². The third kappa shape index (κ3) is 12.2. The molecule has 4 atom stereocenters. The van der Waals surface area contributed by atoms with E-state index in [1.807, 2.05) is 0 Å². The molecule has 14 heteroatoms. The molecule has 0 aliphatic carbocycles. The number of hydrogen-bond donors (Lipinski definition) is 7. The molecule has 1 rings (SSSR count). The van der Waals surface area contributed by atoms with Crippen molar-refractivity contribution in [2.75, 3.05) is 12.0 Å².